The van der Waals surface area contributed by atoms with E-state index in [0.717, 1.165) is 36.8 Å². The SMILES string of the molecule is CCNC(=NCc1cccc(OCC)c1)N1CC[C@@H](O)C1.I. The Bertz CT molecular complexity index is 482. The van der Waals surface area contributed by atoms with Crippen LogP contribution >= 0.6 is 24.0 Å². The average Bonchev–Trinajstić information content (AvgIpc) is 2.91. The molecule has 0 spiro atoms. The summed E-state index contributed by atoms with van der Waals surface area (Å²) < 4.78 is 5.51. The first-order chi connectivity index (χ1) is 10.2. The molecule has 1 aliphatic heterocycles. The highest BCUT2D eigenvalue weighted by Gasteiger charge is 2.22. The molecule has 0 radical (unpaired) electrons. The summed E-state index contributed by atoms with van der Waals surface area (Å²) in [5, 5.41) is 12.9. The molecule has 22 heavy (non-hydrogen) atoms. The number of nitrogens with zero attached hydrogens (tertiary/aromatic N) is 2. The van der Waals surface area contributed by atoms with Crippen LogP contribution in [0.5, 0.6) is 5.75 Å². The molecule has 124 valence electrons. The Morgan fingerprint density at radius 2 is 2.27 bits per heavy atom. The molecule has 0 saturated carbocycles. The molecule has 1 aliphatic rings. The highest BCUT2D eigenvalue weighted by Crippen LogP contribution is 2.15. The molecule has 0 unspecified atom stereocenters. The number of β-amino-alcohol motifs (C(OH)–C–C–N with tert-alkyl or cyclic N) is 1. The predicted molar refractivity (Wildman–Crippen MR) is 100 cm³/mol. The highest BCUT2D eigenvalue weighted by molar-refractivity contribution is 14.0. The van der Waals surface area contributed by atoms with Crippen LogP contribution < -0.4 is 10.1 Å². The molecule has 0 bridgehead atoms. The Hall–Kier alpha value is -1.02. The average molecular weight is 419 g/mol. The van der Waals surface area contributed by atoms with Gasteiger partial charge in [0.15, 0.2) is 5.96 Å². The van der Waals surface area contributed by atoms with E-state index in [0.29, 0.717) is 19.7 Å². The van der Waals surface area contributed by atoms with Crippen molar-refractivity contribution >= 4 is 29.9 Å². The Morgan fingerprint density at radius 1 is 1.45 bits per heavy atom. The lowest BCUT2D eigenvalue weighted by molar-refractivity contribution is 0.188. The van der Waals surface area contributed by atoms with E-state index >= 15 is 0 Å². The third kappa shape index (κ3) is 5.64. The number of rotatable bonds is 5. The van der Waals surface area contributed by atoms with Gasteiger partial charge in [0.25, 0.3) is 0 Å². The molecule has 2 N–H and O–H groups in total. The molecule has 1 heterocycles. The number of nitrogens with one attached hydrogen (secondary N) is 1. The topological polar surface area (TPSA) is 57.1 Å². The molecule has 6 heteroatoms. The molecule has 1 atom stereocenters. The molecule has 2 rings (SSSR count). The molecule has 1 fully saturated rings. The number of halogens is 1. The van der Waals surface area contributed by atoms with Crippen LogP contribution in [0.2, 0.25) is 0 Å². The highest BCUT2D eigenvalue weighted by atomic mass is 127. The summed E-state index contributed by atoms with van der Waals surface area (Å²) in [7, 11) is 0. The number of hydrogen-bond donors (Lipinski definition) is 2. The Balaban J connectivity index is 0.00000242. The van der Waals surface area contributed by atoms with Crippen LogP contribution in [-0.4, -0.2) is 48.3 Å². The maximum Gasteiger partial charge on any atom is 0.194 e. The van der Waals surface area contributed by atoms with Gasteiger partial charge in [0.2, 0.25) is 0 Å². The van der Waals surface area contributed by atoms with Crippen molar-refractivity contribution < 1.29 is 9.84 Å². The number of likely N-dealkylation sites (tertiary alicyclic amines) is 1. The largest absolute Gasteiger partial charge is 0.494 e. The summed E-state index contributed by atoms with van der Waals surface area (Å²) in [5.74, 6) is 1.75. The van der Waals surface area contributed by atoms with E-state index in [1.165, 1.54) is 0 Å². The number of aliphatic hydroxyl groups excluding tert-OH is 1. The van der Waals surface area contributed by atoms with Crippen molar-refractivity contribution in [2.45, 2.75) is 32.9 Å². The molecular formula is C16H26IN3O2. The zero-order valence-corrected chi connectivity index (χ0v) is 15.6. The van der Waals surface area contributed by atoms with Crippen molar-refractivity contribution in [2.75, 3.05) is 26.2 Å². The van der Waals surface area contributed by atoms with Crippen molar-refractivity contribution in [2.24, 2.45) is 4.99 Å². The van der Waals surface area contributed by atoms with E-state index < -0.39 is 0 Å². The van der Waals surface area contributed by atoms with Crippen molar-refractivity contribution in [3.63, 3.8) is 0 Å². The minimum atomic E-state index is -0.241. The van der Waals surface area contributed by atoms with Gasteiger partial charge in [-0.1, -0.05) is 12.1 Å². The van der Waals surface area contributed by atoms with E-state index in [-0.39, 0.29) is 30.1 Å². The third-order valence-corrected chi connectivity index (χ3v) is 3.42. The Morgan fingerprint density at radius 3 is 2.91 bits per heavy atom. The Kier molecular flexibility index (Phi) is 8.55. The summed E-state index contributed by atoms with van der Waals surface area (Å²) in [5.41, 5.74) is 1.12. The lowest BCUT2D eigenvalue weighted by Crippen LogP contribution is -2.40. The zero-order chi connectivity index (χ0) is 15.1. The normalized spacial score (nSPS) is 18.0. The van der Waals surface area contributed by atoms with E-state index in [2.05, 4.69) is 28.2 Å². The van der Waals surface area contributed by atoms with Crippen LogP contribution in [0.3, 0.4) is 0 Å². The van der Waals surface area contributed by atoms with Crippen LogP contribution in [0.4, 0.5) is 0 Å². The van der Waals surface area contributed by atoms with Crippen LogP contribution in [0, 0.1) is 0 Å². The third-order valence-electron chi connectivity index (χ3n) is 3.42. The second-order valence-electron chi connectivity index (χ2n) is 5.14. The summed E-state index contributed by atoms with van der Waals surface area (Å²) in [6.07, 6.45) is 0.569. The molecule has 1 aromatic rings. The number of guanidine groups is 1. The number of hydrogen-bond acceptors (Lipinski definition) is 3. The first-order valence-electron chi connectivity index (χ1n) is 7.66. The van der Waals surface area contributed by atoms with Crippen LogP contribution in [0.15, 0.2) is 29.3 Å². The van der Waals surface area contributed by atoms with Crippen LogP contribution in [-0.2, 0) is 6.54 Å². The van der Waals surface area contributed by atoms with E-state index in [1.54, 1.807) is 0 Å². The molecule has 0 amide bonds. The van der Waals surface area contributed by atoms with Gasteiger partial charge in [0.05, 0.1) is 19.3 Å². The van der Waals surface area contributed by atoms with Crippen molar-refractivity contribution in [3.8, 4) is 5.75 Å². The molecule has 5 nitrogen and oxygen atoms in total. The Labute approximate surface area is 149 Å². The smallest absolute Gasteiger partial charge is 0.194 e. The minimum Gasteiger partial charge on any atom is -0.494 e. The standard InChI is InChI=1S/C16H25N3O2.HI/c1-3-17-16(19-9-8-14(20)12-19)18-11-13-6-5-7-15(10-13)21-4-2;/h5-7,10,14,20H,3-4,8-9,11-12H2,1-2H3,(H,17,18);1H/t14-;/m1./s1. The number of aliphatic hydroxyl groups is 1. The number of ether oxygens (including phenoxy) is 1. The van der Waals surface area contributed by atoms with Gasteiger partial charge in [-0.15, -0.1) is 24.0 Å². The maximum absolute atomic E-state index is 9.66. The van der Waals surface area contributed by atoms with Crippen LogP contribution in [0.1, 0.15) is 25.8 Å². The molecule has 1 aromatic carbocycles. The van der Waals surface area contributed by atoms with Gasteiger partial charge < -0.3 is 20.1 Å². The number of benzene rings is 1. The van der Waals surface area contributed by atoms with E-state index in [1.807, 2.05) is 25.1 Å². The fourth-order valence-corrected chi connectivity index (χ4v) is 2.43. The van der Waals surface area contributed by atoms with Gasteiger partial charge in [0, 0.05) is 19.6 Å². The lowest BCUT2D eigenvalue weighted by Gasteiger charge is -2.21. The van der Waals surface area contributed by atoms with E-state index in [4.69, 9.17) is 4.74 Å². The summed E-state index contributed by atoms with van der Waals surface area (Å²) in [4.78, 5) is 6.78. The van der Waals surface area contributed by atoms with Gasteiger partial charge in [0.1, 0.15) is 5.75 Å². The second-order valence-corrected chi connectivity index (χ2v) is 5.14. The number of aliphatic imine (C=N–C) groups is 1. The zero-order valence-electron chi connectivity index (χ0n) is 13.3. The quantitative estimate of drug-likeness (QED) is 0.437. The summed E-state index contributed by atoms with van der Waals surface area (Å²) in [6.45, 7) is 7.64. The molecule has 1 saturated heterocycles. The lowest BCUT2D eigenvalue weighted by atomic mass is 10.2. The van der Waals surface area contributed by atoms with E-state index in [9.17, 15) is 5.11 Å². The van der Waals surface area contributed by atoms with Crippen molar-refractivity contribution in [1.29, 1.82) is 0 Å². The molecular weight excluding hydrogens is 393 g/mol. The summed E-state index contributed by atoms with van der Waals surface area (Å²) >= 11 is 0. The monoisotopic (exact) mass is 419 g/mol. The van der Waals surface area contributed by atoms with Gasteiger partial charge >= 0.3 is 0 Å². The van der Waals surface area contributed by atoms with Gasteiger partial charge in [-0.25, -0.2) is 4.99 Å². The van der Waals surface area contributed by atoms with Crippen molar-refractivity contribution in [3.05, 3.63) is 29.8 Å². The molecule has 0 aliphatic carbocycles. The fourth-order valence-electron chi connectivity index (χ4n) is 2.43. The molecule has 0 aromatic heterocycles. The second kappa shape index (κ2) is 9.89. The van der Waals surface area contributed by atoms with Gasteiger partial charge in [-0.2, -0.15) is 0 Å². The van der Waals surface area contributed by atoms with Gasteiger partial charge in [-0.05, 0) is 38.0 Å². The first kappa shape index (κ1) is 19.0. The summed E-state index contributed by atoms with van der Waals surface area (Å²) in [6, 6.07) is 8.02. The van der Waals surface area contributed by atoms with Crippen LogP contribution in [0.25, 0.3) is 0 Å². The fraction of sp³-hybridized carbons (Fsp3) is 0.562. The minimum absolute atomic E-state index is 0. The van der Waals surface area contributed by atoms with Crippen molar-refractivity contribution in [1.82, 2.24) is 10.2 Å². The maximum atomic E-state index is 9.66. The van der Waals surface area contributed by atoms with Gasteiger partial charge in [-0.3, -0.25) is 0 Å². The first-order valence-corrected chi connectivity index (χ1v) is 7.66. The predicted octanol–water partition coefficient (Wildman–Crippen LogP) is 2.24.